The quantitative estimate of drug-likeness (QED) is 0.939. The molecule has 2 unspecified atom stereocenters. The normalized spacial score (nSPS) is 22.1. The molecule has 1 saturated heterocycles. The van der Waals surface area contributed by atoms with E-state index < -0.39 is 0 Å². The van der Waals surface area contributed by atoms with Crippen molar-refractivity contribution < 1.29 is 0 Å². The van der Waals surface area contributed by atoms with Crippen LogP contribution in [0.25, 0.3) is 10.9 Å². The van der Waals surface area contributed by atoms with Crippen molar-refractivity contribution in [1.29, 1.82) is 0 Å². The number of fused-ring (bicyclic) bond motifs is 1. The molecule has 1 aromatic carbocycles. The predicted octanol–water partition coefficient (Wildman–Crippen LogP) is 3.36. The second kappa shape index (κ2) is 6.54. The highest BCUT2D eigenvalue weighted by atomic mass is 15.2. The molecule has 0 radical (unpaired) electrons. The predicted molar refractivity (Wildman–Crippen MR) is 88.1 cm³/mol. The van der Waals surface area contributed by atoms with Crippen LogP contribution in [0.3, 0.4) is 0 Å². The Morgan fingerprint density at radius 2 is 2.19 bits per heavy atom. The molecule has 1 fully saturated rings. The minimum absolute atomic E-state index is 0.333. The van der Waals surface area contributed by atoms with Gasteiger partial charge in [0, 0.05) is 24.2 Å². The summed E-state index contributed by atoms with van der Waals surface area (Å²) in [6, 6.07) is 11.0. The van der Waals surface area contributed by atoms with Crippen molar-refractivity contribution in [2.45, 2.75) is 32.2 Å². The van der Waals surface area contributed by atoms with Crippen LogP contribution in [0.1, 0.15) is 37.8 Å². The number of hydrogen-bond donors (Lipinski definition) is 1. The van der Waals surface area contributed by atoms with E-state index in [0.29, 0.717) is 12.6 Å². The smallest absolute Gasteiger partial charge is 0.0702 e. The number of aromatic nitrogens is 1. The van der Waals surface area contributed by atoms with Gasteiger partial charge < -0.3 is 5.73 Å². The fraction of sp³-hybridized carbons (Fsp3) is 0.500. The molecule has 3 nitrogen and oxygen atoms in total. The Morgan fingerprint density at radius 1 is 1.29 bits per heavy atom. The maximum Gasteiger partial charge on any atom is 0.0702 e. The van der Waals surface area contributed by atoms with E-state index in [9.17, 15) is 0 Å². The standard InChI is InChI=1S/C18H25N3/c1-14-4-3-10-21(11-8-14)18(13-19)16-6-7-17-15(12-16)5-2-9-20-17/h2,5-7,9,12,14,18H,3-4,8,10-11,13,19H2,1H3. The van der Waals surface area contributed by atoms with Gasteiger partial charge in [-0.15, -0.1) is 0 Å². The lowest BCUT2D eigenvalue weighted by Crippen LogP contribution is -2.34. The van der Waals surface area contributed by atoms with Gasteiger partial charge in [-0.05, 0) is 62.0 Å². The van der Waals surface area contributed by atoms with E-state index in [1.807, 2.05) is 12.3 Å². The summed E-state index contributed by atoms with van der Waals surface area (Å²) in [5, 5.41) is 1.21. The summed E-state index contributed by atoms with van der Waals surface area (Å²) < 4.78 is 0. The lowest BCUT2D eigenvalue weighted by molar-refractivity contribution is 0.208. The van der Waals surface area contributed by atoms with Crippen molar-refractivity contribution in [3.8, 4) is 0 Å². The van der Waals surface area contributed by atoms with Crippen molar-refractivity contribution in [2.75, 3.05) is 19.6 Å². The largest absolute Gasteiger partial charge is 0.329 e. The zero-order valence-electron chi connectivity index (χ0n) is 12.8. The van der Waals surface area contributed by atoms with Crippen molar-refractivity contribution >= 4 is 10.9 Å². The molecule has 1 aromatic heterocycles. The number of nitrogens with zero attached hydrogens (tertiary/aromatic N) is 2. The number of pyridine rings is 1. The van der Waals surface area contributed by atoms with Crippen molar-refractivity contribution in [3.63, 3.8) is 0 Å². The Hall–Kier alpha value is -1.45. The number of nitrogens with two attached hydrogens (primary N) is 1. The van der Waals surface area contributed by atoms with E-state index in [-0.39, 0.29) is 0 Å². The third-order valence-corrected chi connectivity index (χ3v) is 4.73. The SMILES string of the molecule is CC1CCCN(C(CN)c2ccc3ncccc3c2)CC1. The monoisotopic (exact) mass is 283 g/mol. The van der Waals surface area contributed by atoms with Crippen LogP contribution in [0, 0.1) is 5.92 Å². The molecule has 3 rings (SSSR count). The van der Waals surface area contributed by atoms with Crippen LogP contribution in [-0.2, 0) is 0 Å². The summed E-state index contributed by atoms with van der Waals surface area (Å²) in [6.45, 7) is 5.37. The van der Waals surface area contributed by atoms with E-state index in [0.717, 1.165) is 24.5 Å². The molecule has 2 atom stereocenters. The van der Waals surface area contributed by atoms with Gasteiger partial charge in [-0.1, -0.05) is 19.1 Å². The third kappa shape index (κ3) is 3.25. The molecule has 2 aromatic rings. The minimum Gasteiger partial charge on any atom is -0.329 e. The van der Waals surface area contributed by atoms with E-state index in [2.05, 4.69) is 41.1 Å². The van der Waals surface area contributed by atoms with Gasteiger partial charge in [-0.3, -0.25) is 9.88 Å². The Morgan fingerprint density at radius 3 is 3.05 bits per heavy atom. The first kappa shape index (κ1) is 14.5. The molecule has 3 heteroatoms. The highest BCUT2D eigenvalue weighted by molar-refractivity contribution is 5.79. The summed E-state index contributed by atoms with van der Waals surface area (Å²) in [4.78, 5) is 6.97. The molecule has 0 amide bonds. The van der Waals surface area contributed by atoms with Crippen LogP contribution < -0.4 is 5.73 Å². The lowest BCUT2D eigenvalue weighted by atomic mass is 10.0. The average Bonchev–Trinajstić information content (AvgIpc) is 2.73. The van der Waals surface area contributed by atoms with Gasteiger partial charge >= 0.3 is 0 Å². The number of hydrogen-bond acceptors (Lipinski definition) is 3. The van der Waals surface area contributed by atoms with Crippen molar-refractivity contribution in [1.82, 2.24) is 9.88 Å². The van der Waals surface area contributed by atoms with Gasteiger partial charge in [-0.25, -0.2) is 0 Å². The first-order valence-electron chi connectivity index (χ1n) is 8.06. The molecule has 0 saturated carbocycles. The Kier molecular flexibility index (Phi) is 4.51. The highest BCUT2D eigenvalue weighted by Gasteiger charge is 2.22. The van der Waals surface area contributed by atoms with Crippen LogP contribution in [0.2, 0.25) is 0 Å². The van der Waals surface area contributed by atoms with Crippen LogP contribution in [0.15, 0.2) is 36.5 Å². The summed E-state index contributed by atoms with van der Waals surface area (Å²) in [7, 11) is 0. The van der Waals surface area contributed by atoms with Gasteiger partial charge in [0.15, 0.2) is 0 Å². The fourth-order valence-corrected chi connectivity index (χ4v) is 3.39. The van der Waals surface area contributed by atoms with E-state index in [1.165, 1.54) is 30.2 Å². The second-order valence-corrected chi connectivity index (χ2v) is 6.28. The number of likely N-dealkylation sites (tertiary alicyclic amines) is 1. The molecule has 1 aliphatic heterocycles. The van der Waals surface area contributed by atoms with E-state index in [4.69, 9.17) is 5.73 Å². The minimum atomic E-state index is 0.333. The molecule has 112 valence electrons. The lowest BCUT2D eigenvalue weighted by Gasteiger charge is -2.30. The molecule has 2 heterocycles. The average molecular weight is 283 g/mol. The summed E-state index contributed by atoms with van der Waals surface area (Å²) in [5.74, 6) is 0.842. The summed E-state index contributed by atoms with van der Waals surface area (Å²) in [5.41, 5.74) is 8.49. The Balaban J connectivity index is 1.86. The fourth-order valence-electron chi connectivity index (χ4n) is 3.39. The molecule has 2 N–H and O–H groups in total. The number of benzene rings is 1. The van der Waals surface area contributed by atoms with Crippen LogP contribution in [0.4, 0.5) is 0 Å². The van der Waals surface area contributed by atoms with Gasteiger partial charge in [0.05, 0.1) is 5.52 Å². The zero-order valence-corrected chi connectivity index (χ0v) is 12.8. The van der Waals surface area contributed by atoms with Crippen LogP contribution in [-0.4, -0.2) is 29.5 Å². The third-order valence-electron chi connectivity index (χ3n) is 4.73. The van der Waals surface area contributed by atoms with Gasteiger partial charge in [-0.2, -0.15) is 0 Å². The van der Waals surface area contributed by atoms with Crippen molar-refractivity contribution in [3.05, 3.63) is 42.1 Å². The van der Waals surface area contributed by atoms with E-state index in [1.54, 1.807) is 0 Å². The first-order chi connectivity index (χ1) is 10.3. The summed E-state index contributed by atoms with van der Waals surface area (Å²) >= 11 is 0. The molecule has 21 heavy (non-hydrogen) atoms. The second-order valence-electron chi connectivity index (χ2n) is 6.28. The first-order valence-corrected chi connectivity index (χ1v) is 8.06. The zero-order chi connectivity index (χ0) is 14.7. The van der Waals surface area contributed by atoms with E-state index >= 15 is 0 Å². The Bertz CT molecular complexity index is 596. The van der Waals surface area contributed by atoms with Crippen LogP contribution in [0.5, 0.6) is 0 Å². The molecule has 0 bridgehead atoms. The van der Waals surface area contributed by atoms with Crippen molar-refractivity contribution in [2.24, 2.45) is 11.7 Å². The molecular formula is C18H25N3. The maximum absolute atomic E-state index is 6.11. The molecule has 0 aliphatic carbocycles. The summed E-state index contributed by atoms with van der Waals surface area (Å²) in [6.07, 6.45) is 5.76. The van der Waals surface area contributed by atoms with Gasteiger partial charge in [0.1, 0.15) is 0 Å². The molecular weight excluding hydrogens is 258 g/mol. The van der Waals surface area contributed by atoms with Crippen LogP contribution >= 0.6 is 0 Å². The molecule has 0 spiro atoms. The number of rotatable bonds is 3. The topological polar surface area (TPSA) is 42.1 Å². The van der Waals surface area contributed by atoms with Gasteiger partial charge in [0.25, 0.3) is 0 Å². The van der Waals surface area contributed by atoms with Gasteiger partial charge in [0.2, 0.25) is 0 Å². The Labute approximate surface area is 127 Å². The maximum atomic E-state index is 6.11. The highest BCUT2D eigenvalue weighted by Crippen LogP contribution is 2.27. The molecule has 1 aliphatic rings.